The van der Waals surface area contributed by atoms with Gasteiger partial charge in [-0.25, -0.2) is 0 Å². The van der Waals surface area contributed by atoms with Crippen LogP contribution in [0.15, 0.2) is 36.5 Å². The number of hydrogen-bond acceptors (Lipinski definition) is 2. The molecule has 0 radical (unpaired) electrons. The number of nitrogens with one attached hydrogen (secondary N) is 1. The molecular formula is C38H74N2O2. The van der Waals surface area contributed by atoms with Crippen molar-refractivity contribution in [1.29, 1.82) is 0 Å². The molecule has 248 valence electrons. The van der Waals surface area contributed by atoms with Gasteiger partial charge in [-0.1, -0.05) is 167 Å². The Labute approximate surface area is 263 Å². The molecule has 4 heteroatoms. The fourth-order valence-corrected chi connectivity index (χ4v) is 4.30. The van der Waals surface area contributed by atoms with E-state index in [4.69, 9.17) is 5.73 Å². The highest BCUT2D eigenvalue weighted by atomic mass is 16.1. The van der Waals surface area contributed by atoms with E-state index in [2.05, 4.69) is 69.5 Å². The lowest BCUT2D eigenvalue weighted by Crippen LogP contribution is -2.11. The summed E-state index contributed by atoms with van der Waals surface area (Å²) in [6, 6.07) is 0. The normalized spacial score (nSPS) is 11.0. The van der Waals surface area contributed by atoms with Gasteiger partial charge in [0.25, 0.3) is 0 Å². The topological polar surface area (TPSA) is 72.2 Å². The van der Waals surface area contributed by atoms with Gasteiger partial charge in [0.15, 0.2) is 0 Å². The Morgan fingerprint density at radius 1 is 0.500 bits per heavy atom. The van der Waals surface area contributed by atoms with Crippen LogP contribution in [0.1, 0.15) is 188 Å². The Kier molecular flexibility index (Phi) is 49.0. The van der Waals surface area contributed by atoms with E-state index in [1.807, 2.05) is 0 Å². The van der Waals surface area contributed by atoms with Crippen molar-refractivity contribution in [1.82, 2.24) is 5.32 Å². The predicted octanol–water partition coefficient (Wildman–Crippen LogP) is 11.7. The minimum absolute atomic E-state index is 0.157. The minimum Gasteiger partial charge on any atom is -0.370 e. The van der Waals surface area contributed by atoms with Crippen LogP contribution in [0.2, 0.25) is 0 Å². The number of carbonyl (C=O) groups excluding carboxylic acids is 2. The second kappa shape index (κ2) is 46.1. The highest BCUT2D eigenvalue weighted by molar-refractivity contribution is 5.73. The van der Waals surface area contributed by atoms with Gasteiger partial charge in [-0.2, -0.15) is 0 Å². The fourth-order valence-electron chi connectivity index (χ4n) is 4.30. The largest absolute Gasteiger partial charge is 0.370 e. The quantitative estimate of drug-likeness (QED) is 0.0516. The lowest BCUT2D eigenvalue weighted by atomic mass is 10.1. The monoisotopic (exact) mass is 591 g/mol. The van der Waals surface area contributed by atoms with Crippen molar-refractivity contribution < 1.29 is 9.59 Å². The standard InChI is InChI=1S/C18H32.C14H29NO.C6H13NO/c1-3-5-7-9-11-13-15-17-18-16-14-12-10-8-6-4-2;1-2-3-4-5-6-7-8-9-10-11-12-13-14(15)16;1-2-3-4-5-7-6-8/h11-14,17-18H,3-10,15-16H2,1-2H3;2-13H2,1H3,(H2,15,16);6H,2-5H2,1H3,(H,7,8)/b13-11-,14-12-,18-17-;;. The van der Waals surface area contributed by atoms with Crippen molar-refractivity contribution in [2.75, 3.05) is 6.54 Å². The number of hydrogen-bond donors (Lipinski definition) is 2. The molecule has 0 heterocycles. The summed E-state index contributed by atoms with van der Waals surface area (Å²) in [7, 11) is 0. The Morgan fingerprint density at radius 2 is 0.857 bits per heavy atom. The van der Waals surface area contributed by atoms with Crippen LogP contribution in [0.25, 0.3) is 0 Å². The molecule has 0 spiro atoms. The van der Waals surface area contributed by atoms with Gasteiger partial charge >= 0.3 is 0 Å². The van der Waals surface area contributed by atoms with E-state index in [0.29, 0.717) is 6.42 Å². The lowest BCUT2D eigenvalue weighted by molar-refractivity contribution is -0.118. The third-order valence-corrected chi connectivity index (χ3v) is 7.03. The Morgan fingerprint density at radius 3 is 1.26 bits per heavy atom. The van der Waals surface area contributed by atoms with Crippen LogP contribution >= 0.6 is 0 Å². The molecule has 0 aliphatic rings. The van der Waals surface area contributed by atoms with Crippen molar-refractivity contribution in [2.24, 2.45) is 5.73 Å². The molecule has 0 aliphatic heterocycles. The van der Waals surface area contributed by atoms with E-state index in [1.165, 1.54) is 128 Å². The molecule has 0 saturated carbocycles. The molecule has 0 aliphatic carbocycles. The summed E-state index contributed by atoms with van der Waals surface area (Å²) >= 11 is 0. The number of allylic oxidation sites excluding steroid dienone is 6. The smallest absolute Gasteiger partial charge is 0.217 e. The maximum atomic E-state index is 10.5. The maximum Gasteiger partial charge on any atom is 0.217 e. The zero-order valence-corrected chi connectivity index (χ0v) is 28.8. The zero-order valence-electron chi connectivity index (χ0n) is 28.8. The highest BCUT2D eigenvalue weighted by Crippen LogP contribution is 2.11. The predicted molar refractivity (Wildman–Crippen MR) is 189 cm³/mol. The molecule has 0 rings (SSSR count). The summed E-state index contributed by atoms with van der Waals surface area (Å²) in [5, 5.41) is 2.60. The molecule has 0 saturated heterocycles. The van der Waals surface area contributed by atoms with Crippen molar-refractivity contribution in [3.63, 3.8) is 0 Å². The second-order valence-corrected chi connectivity index (χ2v) is 11.4. The van der Waals surface area contributed by atoms with Crippen molar-refractivity contribution >= 4 is 12.3 Å². The lowest BCUT2D eigenvalue weighted by Gasteiger charge is -2.01. The highest BCUT2D eigenvalue weighted by Gasteiger charge is 1.95. The second-order valence-electron chi connectivity index (χ2n) is 11.4. The Hall–Kier alpha value is -1.84. The average Bonchev–Trinajstić information content (AvgIpc) is 2.99. The summed E-state index contributed by atoms with van der Waals surface area (Å²) in [6.45, 7) is 9.73. The van der Waals surface area contributed by atoms with E-state index in [1.54, 1.807) is 0 Å². The van der Waals surface area contributed by atoms with E-state index in [-0.39, 0.29) is 5.91 Å². The SMILES string of the molecule is CCCCC/C=C\C/C=C\C/C=C\CCCCC.CCCCCCCCCCCCCC(N)=O.CCCCCNC=O. The summed E-state index contributed by atoms with van der Waals surface area (Å²) < 4.78 is 0. The van der Waals surface area contributed by atoms with Crippen LogP contribution in [0.4, 0.5) is 0 Å². The van der Waals surface area contributed by atoms with Crippen LogP contribution in [0.3, 0.4) is 0 Å². The van der Waals surface area contributed by atoms with Gasteiger partial charge in [-0.3, -0.25) is 9.59 Å². The van der Waals surface area contributed by atoms with Gasteiger partial charge in [0, 0.05) is 13.0 Å². The van der Waals surface area contributed by atoms with Gasteiger partial charge in [0.1, 0.15) is 0 Å². The summed E-state index contributed by atoms with van der Waals surface area (Å²) in [5.74, 6) is -0.157. The molecule has 0 aromatic carbocycles. The van der Waals surface area contributed by atoms with Crippen molar-refractivity contribution in [3.05, 3.63) is 36.5 Å². The molecule has 0 unspecified atom stereocenters. The molecular weight excluding hydrogens is 516 g/mol. The number of carbonyl (C=O) groups is 2. The molecule has 3 N–H and O–H groups in total. The van der Waals surface area contributed by atoms with Crippen LogP contribution in [0, 0.1) is 0 Å². The fraction of sp³-hybridized carbons (Fsp3) is 0.789. The maximum absolute atomic E-state index is 10.5. The number of unbranched alkanes of at least 4 members (excludes halogenated alkanes) is 18. The van der Waals surface area contributed by atoms with E-state index < -0.39 is 0 Å². The number of nitrogens with two attached hydrogens (primary N) is 1. The summed E-state index contributed by atoms with van der Waals surface area (Å²) in [5.41, 5.74) is 5.07. The van der Waals surface area contributed by atoms with Crippen LogP contribution in [-0.2, 0) is 9.59 Å². The number of rotatable bonds is 29. The molecule has 0 atom stereocenters. The first-order valence-corrected chi connectivity index (χ1v) is 18.0. The molecule has 42 heavy (non-hydrogen) atoms. The molecule has 0 bridgehead atoms. The van der Waals surface area contributed by atoms with E-state index in [0.717, 1.165) is 38.6 Å². The Bertz CT molecular complexity index is 560. The van der Waals surface area contributed by atoms with Crippen molar-refractivity contribution in [3.8, 4) is 0 Å². The van der Waals surface area contributed by atoms with Crippen LogP contribution in [0.5, 0.6) is 0 Å². The Balaban J connectivity index is -0.000000582. The van der Waals surface area contributed by atoms with Gasteiger partial charge in [0.05, 0.1) is 0 Å². The molecule has 0 aromatic rings. The number of amides is 2. The molecule has 0 fully saturated rings. The van der Waals surface area contributed by atoms with Crippen LogP contribution < -0.4 is 11.1 Å². The third kappa shape index (κ3) is 54.3. The van der Waals surface area contributed by atoms with Gasteiger partial charge in [0.2, 0.25) is 12.3 Å². The van der Waals surface area contributed by atoms with Gasteiger partial charge < -0.3 is 11.1 Å². The van der Waals surface area contributed by atoms with Crippen LogP contribution in [-0.4, -0.2) is 18.9 Å². The van der Waals surface area contributed by atoms with Gasteiger partial charge in [-0.15, -0.1) is 0 Å². The first-order valence-electron chi connectivity index (χ1n) is 18.0. The first kappa shape index (κ1) is 44.6. The van der Waals surface area contributed by atoms with Gasteiger partial charge in [-0.05, 0) is 51.4 Å². The summed E-state index contributed by atoms with van der Waals surface area (Å²) in [4.78, 5) is 20.1. The average molecular weight is 591 g/mol. The zero-order chi connectivity index (χ0) is 31.6. The number of primary amides is 1. The van der Waals surface area contributed by atoms with E-state index >= 15 is 0 Å². The summed E-state index contributed by atoms with van der Waals surface area (Å²) in [6.07, 6.45) is 45.8. The molecule has 4 nitrogen and oxygen atoms in total. The van der Waals surface area contributed by atoms with E-state index in [9.17, 15) is 9.59 Å². The minimum atomic E-state index is -0.157. The third-order valence-electron chi connectivity index (χ3n) is 7.03. The molecule has 0 aromatic heterocycles. The first-order chi connectivity index (χ1) is 20.6. The van der Waals surface area contributed by atoms with Crippen molar-refractivity contribution in [2.45, 2.75) is 188 Å². The molecule has 2 amide bonds.